The lowest BCUT2D eigenvalue weighted by molar-refractivity contribution is -0.113. The maximum atomic E-state index is 12.5. The number of halogens is 2. The molecule has 0 aliphatic rings. The van der Waals surface area contributed by atoms with Gasteiger partial charge in [-0.3, -0.25) is 9.20 Å². The maximum absolute atomic E-state index is 12.5. The molecule has 148 valence electrons. The maximum Gasteiger partial charge on any atom is 0.234 e. The summed E-state index contributed by atoms with van der Waals surface area (Å²) >= 11 is 13.4. The number of hydrogen-bond acceptors (Lipinski definition) is 5. The molecule has 0 saturated carbocycles. The zero-order valence-corrected chi connectivity index (χ0v) is 18.2. The third-order valence-corrected chi connectivity index (χ3v) is 5.50. The summed E-state index contributed by atoms with van der Waals surface area (Å²) in [7, 11) is 1.58. The molecule has 1 N–H and O–H groups in total. The van der Waals surface area contributed by atoms with Crippen LogP contribution >= 0.6 is 35.0 Å². The Labute approximate surface area is 177 Å². The van der Waals surface area contributed by atoms with Gasteiger partial charge in [0.05, 0.1) is 28.6 Å². The Balaban J connectivity index is 1.75. The first-order chi connectivity index (χ1) is 13.2. The number of nitrogens with zero attached hydrogens (tertiary/aromatic N) is 3. The molecule has 28 heavy (non-hydrogen) atoms. The quantitative estimate of drug-likeness (QED) is 0.562. The van der Waals surface area contributed by atoms with Gasteiger partial charge in [0.1, 0.15) is 5.75 Å². The van der Waals surface area contributed by atoms with Crippen LogP contribution in [0.2, 0.25) is 10.0 Å². The van der Waals surface area contributed by atoms with Crippen LogP contribution in [0.5, 0.6) is 5.75 Å². The normalized spacial score (nSPS) is 11.6. The number of benzene rings is 1. The molecule has 1 amide bonds. The summed E-state index contributed by atoms with van der Waals surface area (Å²) in [5.74, 6) is 0.574. The zero-order chi connectivity index (χ0) is 20.5. The molecule has 2 aromatic heterocycles. The Morgan fingerprint density at radius 3 is 2.68 bits per heavy atom. The Kier molecular flexibility index (Phi) is 6.07. The monoisotopic (exact) mass is 438 g/mol. The van der Waals surface area contributed by atoms with Gasteiger partial charge in [-0.2, -0.15) is 0 Å². The number of thioether (sulfide) groups is 1. The minimum Gasteiger partial charge on any atom is -0.495 e. The van der Waals surface area contributed by atoms with Gasteiger partial charge in [-0.25, -0.2) is 0 Å². The van der Waals surface area contributed by atoms with Crippen LogP contribution in [-0.4, -0.2) is 33.4 Å². The van der Waals surface area contributed by atoms with E-state index in [-0.39, 0.29) is 17.1 Å². The topological polar surface area (TPSA) is 68.5 Å². The molecule has 0 saturated heterocycles. The van der Waals surface area contributed by atoms with E-state index < -0.39 is 0 Å². The summed E-state index contributed by atoms with van der Waals surface area (Å²) in [4.78, 5) is 12.5. The van der Waals surface area contributed by atoms with Crippen LogP contribution in [0.4, 0.5) is 5.69 Å². The first-order valence-electron chi connectivity index (χ1n) is 8.50. The molecule has 2 heterocycles. The van der Waals surface area contributed by atoms with Gasteiger partial charge in [-0.15, -0.1) is 10.2 Å². The average Bonchev–Trinajstić information content (AvgIpc) is 3.02. The van der Waals surface area contributed by atoms with Crippen molar-refractivity contribution < 1.29 is 9.53 Å². The van der Waals surface area contributed by atoms with Crippen LogP contribution < -0.4 is 10.1 Å². The second-order valence-electron chi connectivity index (χ2n) is 7.18. The molecule has 3 rings (SSSR count). The zero-order valence-electron chi connectivity index (χ0n) is 15.9. The standard InChI is InChI=1S/C19H20Cl2N4O2S/c1-19(2,3)11-5-6-15(27-4)14(7-11)22-16(26)10-28-18-24-23-17-13(21)8-12(20)9-25(17)18/h5-9H,10H2,1-4H3,(H,22,26). The number of carbonyl (C=O) groups excluding carboxylic acids is 1. The molecule has 0 atom stereocenters. The van der Waals surface area contributed by atoms with E-state index in [1.165, 1.54) is 11.8 Å². The van der Waals surface area contributed by atoms with Crippen LogP contribution in [0.15, 0.2) is 35.6 Å². The van der Waals surface area contributed by atoms with Gasteiger partial charge in [-0.05, 0) is 29.2 Å². The van der Waals surface area contributed by atoms with E-state index in [0.717, 1.165) is 5.56 Å². The minimum atomic E-state index is -0.181. The van der Waals surface area contributed by atoms with Crippen molar-refractivity contribution in [1.82, 2.24) is 14.6 Å². The SMILES string of the molecule is COc1ccc(C(C)(C)C)cc1NC(=O)CSc1nnc2c(Cl)cc(Cl)cn12. The van der Waals surface area contributed by atoms with Crippen molar-refractivity contribution in [3.63, 3.8) is 0 Å². The summed E-state index contributed by atoms with van der Waals surface area (Å²) in [5, 5.41) is 12.4. The highest BCUT2D eigenvalue weighted by Gasteiger charge is 2.18. The molecule has 0 radical (unpaired) electrons. The molecule has 0 unspecified atom stereocenters. The fraction of sp³-hybridized carbons (Fsp3) is 0.316. The predicted octanol–water partition coefficient (Wildman–Crippen LogP) is 5.07. The number of ether oxygens (including phenoxy) is 1. The summed E-state index contributed by atoms with van der Waals surface area (Å²) < 4.78 is 7.04. The highest BCUT2D eigenvalue weighted by atomic mass is 35.5. The fourth-order valence-electron chi connectivity index (χ4n) is 2.59. The molecule has 1 aromatic carbocycles. The van der Waals surface area contributed by atoms with Crippen LogP contribution in [0.3, 0.4) is 0 Å². The van der Waals surface area contributed by atoms with E-state index in [9.17, 15) is 4.79 Å². The van der Waals surface area contributed by atoms with Crippen LogP contribution in [-0.2, 0) is 10.2 Å². The van der Waals surface area contributed by atoms with Gasteiger partial charge >= 0.3 is 0 Å². The average molecular weight is 439 g/mol. The number of fused-ring (bicyclic) bond motifs is 1. The highest BCUT2D eigenvalue weighted by molar-refractivity contribution is 7.99. The third kappa shape index (κ3) is 4.54. The predicted molar refractivity (Wildman–Crippen MR) is 114 cm³/mol. The fourth-order valence-corrected chi connectivity index (χ4v) is 3.81. The van der Waals surface area contributed by atoms with Crippen molar-refractivity contribution in [2.45, 2.75) is 31.3 Å². The van der Waals surface area contributed by atoms with E-state index >= 15 is 0 Å². The van der Waals surface area contributed by atoms with E-state index in [0.29, 0.717) is 32.3 Å². The number of methoxy groups -OCH3 is 1. The number of aromatic nitrogens is 3. The Morgan fingerprint density at radius 1 is 1.25 bits per heavy atom. The molecular formula is C19H20Cl2N4O2S. The lowest BCUT2D eigenvalue weighted by Gasteiger charge is -2.21. The lowest BCUT2D eigenvalue weighted by Crippen LogP contribution is -2.17. The highest BCUT2D eigenvalue weighted by Crippen LogP contribution is 2.32. The van der Waals surface area contributed by atoms with Crippen LogP contribution in [0.1, 0.15) is 26.3 Å². The van der Waals surface area contributed by atoms with Crippen LogP contribution in [0.25, 0.3) is 5.65 Å². The molecule has 0 bridgehead atoms. The number of carbonyl (C=O) groups is 1. The third-order valence-electron chi connectivity index (χ3n) is 4.07. The Bertz CT molecular complexity index is 1030. The molecule has 3 aromatic rings. The smallest absolute Gasteiger partial charge is 0.234 e. The minimum absolute atomic E-state index is 0.0422. The number of pyridine rings is 1. The van der Waals surface area contributed by atoms with Crippen molar-refractivity contribution in [2.75, 3.05) is 18.2 Å². The summed E-state index contributed by atoms with van der Waals surface area (Å²) in [5.41, 5.74) is 2.19. The number of amides is 1. The molecule has 6 nitrogen and oxygen atoms in total. The van der Waals surface area contributed by atoms with Gasteiger partial charge in [-0.1, -0.05) is 61.8 Å². The number of hydrogen-bond donors (Lipinski definition) is 1. The van der Waals surface area contributed by atoms with Gasteiger partial charge in [0, 0.05) is 6.20 Å². The van der Waals surface area contributed by atoms with E-state index in [1.54, 1.807) is 23.8 Å². The second kappa shape index (κ2) is 8.19. The second-order valence-corrected chi connectivity index (χ2v) is 8.97. The van der Waals surface area contributed by atoms with Crippen molar-refractivity contribution >= 4 is 52.2 Å². The molecule has 0 aliphatic carbocycles. The molecule has 0 spiro atoms. The van der Waals surface area contributed by atoms with E-state index in [2.05, 4.69) is 36.3 Å². The molecule has 0 fully saturated rings. The molecule has 9 heteroatoms. The van der Waals surface area contributed by atoms with Crippen molar-refractivity contribution in [3.8, 4) is 5.75 Å². The van der Waals surface area contributed by atoms with Crippen molar-refractivity contribution in [1.29, 1.82) is 0 Å². The number of rotatable bonds is 5. The number of anilines is 1. The molecule has 0 aliphatic heterocycles. The van der Waals surface area contributed by atoms with Crippen molar-refractivity contribution in [3.05, 3.63) is 46.1 Å². The summed E-state index contributed by atoms with van der Waals surface area (Å²) in [6.45, 7) is 6.34. The van der Waals surface area contributed by atoms with E-state index in [4.69, 9.17) is 27.9 Å². The summed E-state index contributed by atoms with van der Waals surface area (Å²) in [6, 6.07) is 7.40. The largest absolute Gasteiger partial charge is 0.495 e. The Morgan fingerprint density at radius 2 is 2.00 bits per heavy atom. The lowest BCUT2D eigenvalue weighted by atomic mass is 9.87. The molecular weight excluding hydrogens is 419 g/mol. The number of nitrogens with one attached hydrogen (secondary N) is 1. The Hall–Kier alpha value is -1.96. The van der Waals surface area contributed by atoms with Gasteiger partial charge < -0.3 is 10.1 Å². The summed E-state index contributed by atoms with van der Waals surface area (Å²) in [6.07, 6.45) is 1.67. The van der Waals surface area contributed by atoms with Crippen molar-refractivity contribution in [2.24, 2.45) is 0 Å². The van der Waals surface area contributed by atoms with E-state index in [1.807, 2.05) is 18.2 Å². The van der Waals surface area contributed by atoms with Gasteiger partial charge in [0.25, 0.3) is 0 Å². The first kappa shape index (κ1) is 20.8. The van der Waals surface area contributed by atoms with Gasteiger partial charge in [0.15, 0.2) is 10.8 Å². The first-order valence-corrected chi connectivity index (χ1v) is 10.2. The van der Waals surface area contributed by atoms with Gasteiger partial charge in [0.2, 0.25) is 5.91 Å². The van der Waals surface area contributed by atoms with Crippen LogP contribution in [0, 0.1) is 0 Å².